The lowest BCUT2D eigenvalue weighted by Crippen LogP contribution is -2.24. The molecule has 0 aliphatic heterocycles. The van der Waals surface area contributed by atoms with Gasteiger partial charge in [-0.05, 0) is 36.2 Å². The number of nitrogens with zero attached hydrogens (tertiary/aromatic N) is 1. The Bertz CT molecular complexity index is 1330. The van der Waals surface area contributed by atoms with Crippen LogP contribution in [0.25, 0.3) is 22.3 Å². The van der Waals surface area contributed by atoms with Crippen LogP contribution in [0.2, 0.25) is 0 Å². The SMILES string of the molecule is CCOn1cc(-c2ccccc2)c(=O)c(-c2cc(C(F)(F)F)cc(S(=O)(=O)C(F)(F)F)c2)c1. The maximum Gasteiger partial charge on any atom is 0.501 e. The molecule has 33 heavy (non-hydrogen) atoms. The van der Waals surface area contributed by atoms with Crippen molar-refractivity contribution in [1.82, 2.24) is 4.73 Å². The quantitative estimate of drug-likeness (QED) is 0.474. The van der Waals surface area contributed by atoms with Crippen molar-refractivity contribution in [3.63, 3.8) is 0 Å². The topological polar surface area (TPSA) is 65.4 Å². The molecule has 1 heterocycles. The van der Waals surface area contributed by atoms with E-state index < -0.39 is 48.5 Å². The third kappa shape index (κ3) is 4.90. The zero-order chi connectivity index (χ0) is 24.6. The largest absolute Gasteiger partial charge is 0.501 e. The van der Waals surface area contributed by atoms with Crippen molar-refractivity contribution in [2.24, 2.45) is 0 Å². The van der Waals surface area contributed by atoms with Gasteiger partial charge in [0.2, 0.25) is 0 Å². The van der Waals surface area contributed by atoms with Crippen molar-refractivity contribution in [3.05, 3.63) is 76.7 Å². The van der Waals surface area contributed by atoms with E-state index in [9.17, 15) is 39.6 Å². The van der Waals surface area contributed by atoms with Gasteiger partial charge < -0.3 is 4.84 Å². The van der Waals surface area contributed by atoms with Crippen LogP contribution in [-0.2, 0) is 16.0 Å². The van der Waals surface area contributed by atoms with E-state index in [2.05, 4.69) is 0 Å². The number of pyridine rings is 1. The number of benzene rings is 2. The fraction of sp³-hybridized carbons (Fsp3) is 0.190. The first kappa shape index (κ1) is 24.4. The highest BCUT2D eigenvalue weighted by molar-refractivity contribution is 7.92. The summed E-state index contributed by atoms with van der Waals surface area (Å²) in [5.74, 6) is 0. The molecule has 0 spiro atoms. The minimum Gasteiger partial charge on any atom is -0.415 e. The van der Waals surface area contributed by atoms with E-state index in [1.54, 1.807) is 37.3 Å². The fourth-order valence-electron chi connectivity index (χ4n) is 3.01. The Morgan fingerprint density at radius 2 is 1.45 bits per heavy atom. The van der Waals surface area contributed by atoms with Crippen molar-refractivity contribution in [2.75, 3.05) is 6.61 Å². The van der Waals surface area contributed by atoms with Crippen molar-refractivity contribution in [2.45, 2.75) is 23.5 Å². The number of hydrogen-bond acceptors (Lipinski definition) is 4. The lowest BCUT2D eigenvalue weighted by atomic mass is 9.99. The smallest absolute Gasteiger partial charge is 0.415 e. The Hall–Kier alpha value is -3.28. The summed E-state index contributed by atoms with van der Waals surface area (Å²) in [4.78, 5) is 16.8. The van der Waals surface area contributed by atoms with Crippen LogP contribution < -0.4 is 10.3 Å². The summed E-state index contributed by atoms with van der Waals surface area (Å²) < 4.78 is 104. The molecule has 12 heteroatoms. The molecule has 1 aromatic heterocycles. The van der Waals surface area contributed by atoms with E-state index in [1.165, 1.54) is 6.20 Å². The first-order valence-electron chi connectivity index (χ1n) is 9.24. The second kappa shape index (κ2) is 8.58. The molecule has 2 aromatic carbocycles. The van der Waals surface area contributed by atoms with Gasteiger partial charge in [0.1, 0.15) is 6.61 Å². The summed E-state index contributed by atoms with van der Waals surface area (Å²) in [6, 6.07) is 8.64. The van der Waals surface area contributed by atoms with Crippen LogP contribution in [0.15, 0.2) is 70.6 Å². The van der Waals surface area contributed by atoms with Crippen LogP contribution in [0.3, 0.4) is 0 Å². The number of hydrogen-bond donors (Lipinski definition) is 0. The maximum absolute atomic E-state index is 13.4. The first-order valence-corrected chi connectivity index (χ1v) is 10.7. The molecule has 0 radical (unpaired) electrons. The second-order valence-corrected chi connectivity index (χ2v) is 8.69. The number of sulfone groups is 1. The number of aromatic nitrogens is 1. The number of halogens is 6. The molecule has 0 amide bonds. The molecule has 3 aromatic rings. The standard InChI is InChI=1S/C21H15F6NO4S/c1-2-32-28-11-17(13-6-4-3-5-7-13)19(29)18(12-28)14-8-15(20(22,23)24)10-16(9-14)33(30,31)21(25,26)27/h3-12H,2H2,1H3. The molecule has 0 saturated carbocycles. The van der Waals surface area contributed by atoms with Gasteiger partial charge in [-0.3, -0.25) is 4.79 Å². The monoisotopic (exact) mass is 491 g/mol. The first-order chi connectivity index (χ1) is 15.3. The lowest BCUT2D eigenvalue weighted by molar-refractivity contribution is -0.137. The average molecular weight is 491 g/mol. The Balaban J connectivity index is 2.37. The van der Waals surface area contributed by atoms with Crippen LogP contribution in [0.5, 0.6) is 0 Å². The highest BCUT2D eigenvalue weighted by Crippen LogP contribution is 2.38. The summed E-state index contributed by atoms with van der Waals surface area (Å²) in [6.45, 7) is 1.69. The van der Waals surface area contributed by atoms with Gasteiger partial charge >= 0.3 is 11.7 Å². The van der Waals surface area contributed by atoms with Crippen LogP contribution in [0.4, 0.5) is 26.3 Å². The predicted molar refractivity (Wildman–Crippen MR) is 107 cm³/mol. The molecule has 0 aliphatic rings. The third-order valence-electron chi connectivity index (χ3n) is 4.52. The fourth-order valence-corrected chi connectivity index (χ4v) is 3.85. The van der Waals surface area contributed by atoms with E-state index in [4.69, 9.17) is 4.84 Å². The molecule has 0 fully saturated rings. The molecular weight excluding hydrogens is 476 g/mol. The van der Waals surface area contributed by atoms with Gasteiger partial charge in [-0.2, -0.15) is 31.1 Å². The van der Waals surface area contributed by atoms with E-state index >= 15 is 0 Å². The van der Waals surface area contributed by atoms with Gasteiger partial charge in [0.25, 0.3) is 9.84 Å². The van der Waals surface area contributed by atoms with Crippen molar-refractivity contribution >= 4 is 9.84 Å². The molecular formula is C21H15F6NO4S. The lowest BCUT2D eigenvalue weighted by Gasteiger charge is -2.16. The van der Waals surface area contributed by atoms with Gasteiger partial charge in [0.15, 0.2) is 5.43 Å². The third-order valence-corrected chi connectivity index (χ3v) is 5.99. The molecule has 5 nitrogen and oxygen atoms in total. The Kier molecular flexibility index (Phi) is 6.33. The minimum atomic E-state index is -6.13. The van der Waals surface area contributed by atoms with E-state index in [1.807, 2.05) is 0 Å². The van der Waals surface area contributed by atoms with Crippen LogP contribution >= 0.6 is 0 Å². The number of rotatable bonds is 5. The molecule has 0 unspecified atom stereocenters. The summed E-state index contributed by atoms with van der Waals surface area (Å²) in [5, 5.41) is 0. The highest BCUT2D eigenvalue weighted by atomic mass is 32.2. The highest BCUT2D eigenvalue weighted by Gasteiger charge is 2.48. The van der Waals surface area contributed by atoms with E-state index in [-0.39, 0.29) is 18.2 Å². The average Bonchev–Trinajstić information content (AvgIpc) is 2.74. The zero-order valence-electron chi connectivity index (χ0n) is 16.7. The normalized spacial score (nSPS) is 12.6. The molecule has 0 bridgehead atoms. The molecule has 0 saturated heterocycles. The number of alkyl halides is 6. The Morgan fingerprint density at radius 3 is 1.97 bits per heavy atom. The molecule has 3 rings (SSSR count). The Labute approximate surface area is 183 Å². The van der Waals surface area contributed by atoms with Crippen molar-refractivity contribution in [1.29, 1.82) is 0 Å². The molecule has 0 N–H and O–H groups in total. The second-order valence-electron chi connectivity index (χ2n) is 6.75. The predicted octanol–water partition coefficient (Wildman–Crippen LogP) is 4.94. The van der Waals surface area contributed by atoms with Gasteiger partial charge in [-0.15, -0.1) is 0 Å². The van der Waals surface area contributed by atoms with Crippen molar-refractivity contribution in [3.8, 4) is 22.3 Å². The van der Waals surface area contributed by atoms with Crippen LogP contribution in [0.1, 0.15) is 12.5 Å². The van der Waals surface area contributed by atoms with Gasteiger partial charge in [0, 0.05) is 11.1 Å². The summed E-state index contributed by atoms with van der Waals surface area (Å²) >= 11 is 0. The zero-order valence-corrected chi connectivity index (χ0v) is 17.6. The minimum absolute atomic E-state index is 0.0146. The van der Waals surface area contributed by atoms with Gasteiger partial charge in [-0.1, -0.05) is 30.3 Å². The molecule has 176 valence electrons. The summed E-state index contributed by atoms with van der Waals surface area (Å²) in [5.41, 5.74) is -9.11. The summed E-state index contributed by atoms with van der Waals surface area (Å²) in [6.07, 6.45) is -2.93. The van der Waals surface area contributed by atoms with Crippen molar-refractivity contribution < 1.29 is 39.6 Å². The maximum atomic E-state index is 13.4. The van der Waals surface area contributed by atoms with Crippen LogP contribution in [-0.4, -0.2) is 25.3 Å². The van der Waals surface area contributed by atoms with E-state index in [0.29, 0.717) is 17.7 Å². The Morgan fingerprint density at radius 1 is 0.879 bits per heavy atom. The molecule has 0 atom stereocenters. The summed E-state index contributed by atoms with van der Waals surface area (Å²) in [7, 11) is -6.13. The van der Waals surface area contributed by atoms with Crippen LogP contribution in [0, 0.1) is 0 Å². The molecule has 0 aliphatic carbocycles. The van der Waals surface area contributed by atoms with E-state index in [0.717, 1.165) is 10.9 Å². The van der Waals surface area contributed by atoms with Gasteiger partial charge in [-0.25, -0.2) is 8.42 Å². The van der Waals surface area contributed by atoms with Gasteiger partial charge in [0.05, 0.1) is 22.9 Å².